The van der Waals surface area contributed by atoms with Crippen LogP contribution in [0.25, 0.3) is 0 Å². The maximum Gasteiger partial charge on any atom is 0.251 e. The molecule has 0 bridgehead atoms. The topological polar surface area (TPSA) is 41.1 Å². The highest BCUT2D eigenvalue weighted by atomic mass is 16.1. The van der Waals surface area contributed by atoms with E-state index >= 15 is 0 Å². The molecule has 0 heterocycles. The van der Waals surface area contributed by atoms with Crippen molar-refractivity contribution in [2.45, 2.75) is 39.2 Å². The van der Waals surface area contributed by atoms with Gasteiger partial charge in [-0.25, -0.2) is 0 Å². The zero-order chi connectivity index (χ0) is 13.0. The van der Waals surface area contributed by atoms with E-state index < -0.39 is 0 Å². The van der Waals surface area contributed by atoms with Crippen LogP contribution in [-0.4, -0.2) is 18.5 Å². The monoisotopic (exact) mass is 246 g/mol. The number of nitrogens with one attached hydrogen (secondary N) is 2. The Balaban J connectivity index is 1.91. The lowest BCUT2D eigenvalue weighted by Gasteiger charge is -2.31. The Bertz CT molecular complexity index is 395. The number of rotatable bonds is 5. The van der Waals surface area contributed by atoms with Gasteiger partial charge < -0.3 is 10.6 Å². The molecule has 1 unspecified atom stereocenters. The molecule has 1 atom stereocenters. The summed E-state index contributed by atoms with van der Waals surface area (Å²) < 4.78 is 0. The first-order chi connectivity index (χ1) is 8.70. The molecule has 0 saturated heterocycles. The van der Waals surface area contributed by atoms with Gasteiger partial charge in [0.05, 0.1) is 0 Å². The third-order valence-electron chi connectivity index (χ3n) is 3.74. The van der Waals surface area contributed by atoms with E-state index in [0.717, 1.165) is 17.8 Å². The van der Waals surface area contributed by atoms with E-state index in [-0.39, 0.29) is 5.91 Å². The fourth-order valence-corrected chi connectivity index (χ4v) is 2.29. The molecule has 0 aliphatic heterocycles. The fourth-order valence-electron chi connectivity index (χ4n) is 2.29. The minimum Gasteiger partial charge on any atom is -0.385 e. The van der Waals surface area contributed by atoms with E-state index in [1.807, 2.05) is 24.3 Å². The minimum absolute atomic E-state index is 0.0393. The van der Waals surface area contributed by atoms with Gasteiger partial charge in [0.15, 0.2) is 0 Å². The van der Waals surface area contributed by atoms with Crippen LogP contribution in [0.3, 0.4) is 0 Å². The average molecular weight is 246 g/mol. The van der Waals surface area contributed by atoms with E-state index in [9.17, 15) is 4.79 Å². The molecule has 0 aromatic heterocycles. The van der Waals surface area contributed by atoms with Gasteiger partial charge in [-0.15, -0.1) is 0 Å². The molecule has 1 aromatic carbocycles. The molecular weight excluding hydrogens is 224 g/mol. The fraction of sp³-hybridized carbons (Fsp3) is 0.533. The Labute approximate surface area is 109 Å². The van der Waals surface area contributed by atoms with Crippen molar-refractivity contribution in [3.63, 3.8) is 0 Å². The second-order valence-corrected chi connectivity index (χ2v) is 5.06. The molecule has 18 heavy (non-hydrogen) atoms. The van der Waals surface area contributed by atoms with Crippen LogP contribution >= 0.6 is 0 Å². The summed E-state index contributed by atoms with van der Waals surface area (Å²) in [5.41, 5.74) is 1.80. The summed E-state index contributed by atoms with van der Waals surface area (Å²) in [6.07, 6.45) is 3.81. The molecule has 0 spiro atoms. The normalized spacial score (nSPS) is 16.8. The van der Waals surface area contributed by atoms with Crippen LogP contribution in [0.4, 0.5) is 5.69 Å². The predicted octanol–water partition coefficient (Wildman–Crippen LogP) is 3.04. The number of amides is 1. The smallest absolute Gasteiger partial charge is 0.251 e. The molecule has 0 radical (unpaired) electrons. The largest absolute Gasteiger partial charge is 0.385 e. The van der Waals surface area contributed by atoms with Gasteiger partial charge in [-0.05, 0) is 56.9 Å². The second-order valence-electron chi connectivity index (χ2n) is 5.06. The van der Waals surface area contributed by atoms with Crippen molar-refractivity contribution in [2.75, 3.05) is 11.9 Å². The van der Waals surface area contributed by atoms with Crippen LogP contribution in [0.2, 0.25) is 0 Å². The first-order valence-corrected chi connectivity index (χ1v) is 6.85. The summed E-state index contributed by atoms with van der Waals surface area (Å²) in [6, 6.07) is 7.94. The van der Waals surface area contributed by atoms with Gasteiger partial charge in [0, 0.05) is 23.8 Å². The Hall–Kier alpha value is -1.51. The van der Waals surface area contributed by atoms with E-state index in [2.05, 4.69) is 24.5 Å². The first-order valence-electron chi connectivity index (χ1n) is 6.85. The highest BCUT2D eigenvalue weighted by Gasteiger charge is 2.25. The second kappa shape index (κ2) is 5.89. The van der Waals surface area contributed by atoms with Crippen molar-refractivity contribution < 1.29 is 4.79 Å². The van der Waals surface area contributed by atoms with Crippen molar-refractivity contribution in [1.29, 1.82) is 0 Å². The zero-order valence-electron chi connectivity index (χ0n) is 11.2. The van der Waals surface area contributed by atoms with Crippen LogP contribution in [0.1, 0.15) is 43.5 Å². The first kappa shape index (κ1) is 12.9. The standard InChI is InChI=1S/C15H22N2O/c1-3-16-14-9-7-13(8-10-14)15(18)17-11(2)12-5-4-6-12/h7-12,16H,3-6H2,1-2H3,(H,17,18). The SMILES string of the molecule is CCNc1ccc(C(=O)NC(C)C2CCC2)cc1. The lowest BCUT2D eigenvalue weighted by Crippen LogP contribution is -2.40. The summed E-state index contributed by atoms with van der Waals surface area (Å²) >= 11 is 0. The van der Waals surface area contributed by atoms with Crippen molar-refractivity contribution in [3.05, 3.63) is 29.8 Å². The highest BCUT2D eigenvalue weighted by Crippen LogP contribution is 2.29. The Morgan fingerprint density at radius 1 is 1.33 bits per heavy atom. The van der Waals surface area contributed by atoms with Gasteiger partial charge in [-0.1, -0.05) is 6.42 Å². The zero-order valence-corrected chi connectivity index (χ0v) is 11.2. The number of hydrogen-bond donors (Lipinski definition) is 2. The maximum atomic E-state index is 12.0. The van der Waals surface area contributed by atoms with Gasteiger partial charge in [-0.3, -0.25) is 4.79 Å². The van der Waals surface area contributed by atoms with Crippen LogP contribution in [0, 0.1) is 5.92 Å². The van der Waals surface area contributed by atoms with Crippen LogP contribution in [-0.2, 0) is 0 Å². The Morgan fingerprint density at radius 2 is 2.00 bits per heavy atom. The van der Waals surface area contributed by atoms with Crippen LogP contribution in [0.5, 0.6) is 0 Å². The molecule has 3 heteroatoms. The average Bonchev–Trinajstić information content (AvgIpc) is 2.27. The van der Waals surface area contributed by atoms with Crippen LogP contribution in [0.15, 0.2) is 24.3 Å². The van der Waals surface area contributed by atoms with E-state index in [1.165, 1.54) is 19.3 Å². The molecule has 2 rings (SSSR count). The summed E-state index contributed by atoms with van der Waals surface area (Å²) in [7, 11) is 0. The molecule has 1 fully saturated rings. The van der Waals surface area contributed by atoms with Gasteiger partial charge in [0.25, 0.3) is 5.91 Å². The van der Waals surface area contributed by atoms with E-state index in [1.54, 1.807) is 0 Å². The molecule has 1 saturated carbocycles. The number of carbonyl (C=O) groups is 1. The third kappa shape index (κ3) is 3.03. The minimum atomic E-state index is 0.0393. The van der Waals surface area contributed by atoms with Crippen molar-refractivity contribution in [3.8, 4) is 0 Å². The van der Waals surface area contributed by atoms with Gasteiger partial charge in [0.2, 0.25) is 0 Å². The van der Waals surface area contributed by atoms with Gasteiger partial charge in [-0.2, -0.15) is 0 Å². The van der Waals surface area contributed by atoms with Crippen molar-refractivity contribution in [2.24, 2.45) is 5.92 Å². The molecule has 3 nitrogen and oxygen atoms in total. The summed E-state index contributed by atoms with van der Waals surface area (Å²) in [5.74, 6) is 0.715. The Morgan fingerprint density at radius 3 is 2.50 bits per heavy atom. The van der Waals surface area contributed by atoms with Crippen LogP contribution < -0.4 is 10.6 Å². The number of anilines is 1. The molecule has 1 aliphatic rings. The molecular formula is C15H22N2O. The highest BCUT2D eigenvalue weighted by molar-refractivity contribution is 5.94. The number of carbonyl (C=O) groups excluding carboxylic acids is 1. The molecule has 1 aromatic rings. The molecule has 1 aliphatic carbocycles. The van der Waals surface area contributed by atoms with E-state index in [0.29, 0.717) is 12.0 Å². The Kier molecular flexibility index (Phi) is 4.24. The maximum absolute atomic E-state index is 12.0. The molecule has 2 N–H and O–H groups in total. The molecule has 1 amide bonds. The quantitative estimate of drug-likeness (QED) is 0.838. The van der Waals surface area contributed by atoms with Crippen molar-refractivity contribution in [1.82, 2.24) is 5.32 Å². The number of benzene rings is 1. The lowest BCUT2D eigenvalue weighted by atomic mass is 9.80. The summed E-state index contributed by atoms with van der Waals surface area (Å²) in [5, 5.41) is 6.31. The third-order valence-corrected chi connectivity index (χ3v) is 3.74. The summed E-state index contributed by atoms with van der Waals surface area (Å²) in [4.78, 5) is 12.0. The predicted molar refractivity (Wildman–Crippen MR) is 74.9 cm³/mol. The molecule has 98 valence electrons. The van der Waals surface area contributed by atoms with Gasteiger partial charge >= 0.3 is 0 Å². The van der Waals surface area contributed by atoms with Gasteiger partial charge in [0.1, 0.15) is 0 Å². The van der Waals surface area contributed by atoms with E-state index in [4.69, 9.17) is 0 Å². The summed E-state index contributed by atoms with van der Waals surface area (Å²) in [6.45, 7) is 5.06. The van der Waals surface area contributed by atoms with Crippen molar-refractivity contribution >= 4 is 11.6 Å². The number of hydrogen-bond acceptors (Lipinski definition) is 2. The lowest BCUT2D eigenvalue weighted by molar-refractivity contribution is 0.0909.